The molecule has 0 saturated heterocycles. The summed E-state index contributed by atoms with van der Waals surface area (Å²) in [6.07, 6.45) is 2.91. The van der Waals surface area contributed by atoms with Gasteiger partial charge in [0.1, 0.15) is 29.0 Å². The summed E-state index contributed by atoms with van der Waals surface area (Å²) in [5.41, 5.74) is 0.807. The van der Waals surface area contributed by atoms with Crippen LogP contribution in [0.5, 0.6) is 5.75 Å². The van der Waals surface area contributed by atoms with Crippen molar-refractivity contribution in [3.8, 4) is 17.9 Å². The largest absolute Gasteiger partial charge is 0.505 e. The van der Waals surface area contributed by atoms with Crippen molar-refractivity contribution in [2.45, 2.75) is 0 Å². The van der Waals surface area contributed by atoms with Crippen molar-refractivity contribution in [2.75, 3.05) is 0 Å². The zero-order valence-electron chi connectivity index (χ0n) is 8.75. The van der Waals surface area contributed by atoms with Gasteiger partial charge in [0, 0.05) is 17.1 Å². The number of hydrogen-bond donors (Lipinski definition) is 1. The number of benzene rings is 1. The maximum atomic E-state index is 9.96. The molecular formula is C13H7N3O. The second-order valence-electron chi connectivity index (χ2n) is 3.36. The quantitative estimate of drug-likeness (QED) is 0.749. The molecule has 0 bridgehead atoms. The summed E-state index contributed by atoms with van der Waals surface area (Å²) in [5, 5.41) is 28.1. The first kappa shape index (κ1) is 10.7. The molecule has 1 heterocycles. The van der Waals surface area contributed by atoms with E-state index >= 15 is 0 Å². The zero-order chi connectivity index (χ0) is 12.3. The van der Waals surface area contributed by atoms with Crippen molar-refractivity contribution in [3.63, 3.8) is 0 Å². The van der Waals surface area contributed by atoms with Gasteiger partial charge in [0.15, 0.2) is 0 Å². The molecule has 0 unspecified atom stereocenters. The van der Waals surface area contributed by atoms with E-state index in [0.29, 0.717) is 11.1 Å². The van der Waals surface area contributed by atoms with Crippen LogP contribution < -0.4 is 0 Å². The Labute approximate surface area is 97.7 Å². The molecule has 1 N–H and O–H groups in total. The fourth-order valence-corrected chi connectivity index (χ4v) is 1.51. The fraction of sp³-hybridized carbons (Fsp3) is 0. The molecule has 2 rings (SSSR count). The van der Waals surface area contributed by atoms with Crippen LogP contribution in [0.2, 0.25) is 0 Å². The Morgan fingerprint density at radius 2 is 2.00 bits per heavy atom. The minimum Gasteiger partial charge on any atom is -0.505 e. The number of pyridine rings is 1. The highest BCUT2D eigenvalue weighted by Crippen LogP contribution is 2.28. The number of aromatic hydroxyl groups is 1. The smallest absolute Gasteiger partial charge is 0.149 e. The van der Waals surface area contributed by atoms with Gasteiger partial charge in [0.05, 0.1) is 0 Å². The fourth-order valence-electron chi connectivity index (χ4n) is 1.51. The highest BCUT2D eigenvalue weighted by Gasteiger charge is 2.06. The summed E-state index contributed by atoms with van der Waals surface area (Å²) >= 11 is 0. The van der Waals surface area contributed by atoms with E-state index < -0.39 is 0 Å². The summed E-state index contributed by atoms with van der Waals surface area (Å²) < 4.78 is 0. The van der Waals surface area contributed by atoms with Crippen molar-refractivity contribution >= 4 is 17.0 Å². The molecule has 2 aromatic rings. The molecule has 0 amide bonds. The van der Waals surface area contributed by atoms with Crippen molar-refractivity contribution in [3.05, 3.63) is 41.6 Å². The van der Waals surface area contributed by atoms with Crippen molar-refractivity contribution < 1.29 is 5.11 Å². The SMILES string of the molecule is N#CC(C#N)=Cc1ccc2cccnc2c1O. The zero-order valence-corrected chi connectivity index (χ0v) is 8.75. The van der Waals surface area contributed by atoms with E-state index in [2.05, 4.69) is 4.98 Å². The van der Waals surface area contributed by atoms with Gasteiger partial charge in [-0.1, -0.05) is 18.2 Å². The number of phenolic OH excluding ortho intramolecular Hbond substituents is 1. The molecule has 0 aliphatic rings. The van der Waals surface area contributed by atoms with Gasteiger partial charge in [-0.25, -0.2) is 0 Å². The van der Waals surface area contributed by atoms with Crippen molar-refractivity contribution in [1.82, 2.24) is 4.98 Å². The van der Waals surface area contributed by atoms with Crippen LogP contribution in [0.1, 0.15) is 5.56 Å². The molecule has 0 aliphatic carbocycles. The maximum absolute atomic E-state index is 9.96. The molecule has 0 aliphatic heterocycles. The van der Waals surface area contributed by atoms with Gasteiger partial charge in [-0.15, -0.1) is 0 Å². The topological polar surface area (TPSA) is 80.7 Å². The van der Waals surface area contributed by atoms with E-state index in [4.69, 9.17) is 10.5 Å². The normalized spacial score (nSPS) is 9.29. The van der Waals surface area contributed by atoms with Crippen LogP contribution in [-0.4, -0.2) is 10.1 Å². The lowest BCUT2D eigenvalue weighted by atomic mass is 10.1. The monoisotopic (exact) mass is 221 g/mol. The van der Waals surface area contributed by atoms with Crippen LogP contribution in [0.4, 0.5) is 0 Å². The predicted octanol–water partition coefficient (Wildman–Crippen LogP) is 2.37. The third-order valence-corrected chi connectivity index (χ3v) is 2.32. The standard InChI is InChI=1S/C13H7N3O/c14-7-9(8-15)6-11-4-3-10-2-1-5-16-12(10)13(11)17/h1-6,17H. The number of nitrogens with zero attached hydrogens (tertiary/aromatic N) is 3. The average Bonchev–Trinajstić information content (AvgIpc) is 2.38. The molecule has 0 spiro atoms. The van der Waals surface area contributed by atoms with Gasteiger partial charge in [-0.3, -0.25) is 4.98 Å². The Balaban J connectivity index is 2.67. The van der Waals surface area contributed by atoms with Crippen LogP contribution in [0.25, 0.3) is 17.0 Å². The molecule has 4 heteroatoms. The number of nitriles is 2. The average molecular weight is 221 g/mol. The highest BCUT2D eigenvalue weighted by molar-refractivity contribution is 5.88. The first-order valence-electron chi connectivity index (χ1n) is 4.85. The predicted molar refractivity (Wildman–Crippen MR) is 62.6 cm³/mol. The minimum atomic E-state index is -0.0596. The molecule has 0 radical (unpaired) electrons. The summed E-state index contributed by atoms with van der Waals surface area (Å²) in [7, 11) is 0. The lowest BCUT2D eigenvalue weighted by Crippen LogP contribution is -1.83. The number of hydrogen-bond acceptors (Lipinski definition) is 4. The van der Waals surface area contributed by atoms with Crippen molar-refractivity contribution in [2.24, 2.45) is 0 Å². The van der Waals surface area contributed by atoms with Crippen LogP contribution >= 0.6 is 0 Å². The van der Waals surface area contributed by atoms with Gasteiger partial charge in [0.2, 0.25) is 0 Å². The van der Waals surface area contributed by atoms with Gasteiger partial charge in [-0.05, 0) is 12.1 Å². The summed E-state index contributed by atoms with van der Waals surface area (Å²) in [5.74, 6) is -0.0221. The maximum Gasteiger partial charge on any atom is 0.149 e. The molecule has 1 aromatic carbocycles. The Kier molecular flexibility index (Phi) is 2.72. The second kappa shape index (κ2) is 4.34. The molecule has 80 valence electrons. The van der Waals surface area contributed by atoms with Gasteiger partial charge in [-0.2, -0.15) is 10.5 Å². The van der Waals surface area contributed by atoms with E-state index in [1.807, 2.05) is 6.07 Å². The number of aromatic nitrogens is 1. The molecule has 17 heavy (non-hydrogen) atoms. The molecule has 4 nitrogen and oxygen atoms in total. The highest BCUT2D eigenvalue weighted by atomic mass is 16.3. The van der Waals surface area contributed by atoms with Crippen LogP contribution in [0.3, 0.4) is 0 Å². The lowest BCUT2D eigenvalue weighted by molar-refractivity contribution is 0.479. The van der Waals surface area contributed by atoms with E-state index in [1.54, 1.807) is 36.5 Å². The van der Waals surface area contributed by atoms with Crippen molar-refractivity contribution in [1.29, 1.82) is 10.5 Å². The number of allylic oxidation sites excluding steroid dienone is 1. The summed E-state index contributed by atoms with van der Waals surface area (Å²) in [6.45, 7) is 0. The van der Waals surface area contributed by atoms with Crippen LogP contribution in [0, 0.1) is 22.7 Å². The Morgan fingerprint density at radius 1 is 1.24 bits per heavy atom. The minimum absolute atomic E-state index is 0.0221. The van der Waals surface area contributed by atoms with E-state index in [1.165, 1.54) is 6.08 Å². The first-order valence-corrected chi connectivity index (χ1v) is 4.85. The van der Waals surface area contributed by atoms with Gasteiger partial charge < -0.3 is 5.11 Å². The van der Waals surface area contributed by atoms with Gasteiger partial charge >= 0.3 is 0 Å². The Morgan fingerprint density at radius 3 is 2.71 bits per heavy atom. The number of phenols is 1. The summed E-state index contributed by atoms with van der Waals surface area (Å²) in [4.78, 5) is 4.06. The molecule has 0 atom stereocenters. The molecule has 0 fully saturated rings. The van der Waals surface area contributed by atoms with E-state index in [0.717, 1.165) is 5.39 Å². The number of fused-ring (bicyclic) bond motifs is 1. The van der Waals surface area contributed by atoms with E-state index in [9.17, 15) is 5.11 Å². The lowest BCUT2D eigenvalue weighted by Gasteiger charge is -2.03. The van der Waals surface area contributed by atoms with Crippen LogP contribution in [0.15, 0.2) is 36.0 Å². The third kappa shape index (κ3) is 1.92. The second-order valence-corrected chi connectivity index (χ2v) is 3.36. The molecule has 1 aromatic heterocycles. The summed E-state index contributed by atoms with van der Waals surface area (Å²) in [6, 6.07) is 10.5. The van der Waals surface area contributed by atoms with Gasteiger partial charge in [0.25, 0.3) is 0 Å². The number of rotatable bonds is 1. The third-order valence-electron chi connectivity index (χ3n) is 2.32. The first-order chi connectivity index (χ1) is 8.26. The van der Waals surface area contributed by atoms with Crippen LogP contribution in [-0.2, 0) is 0 Å². The van der Waals surface area contributed by atoms with E-state index in [-0.39, 0.29) is 11.3 Å². The Bertz CT molecular complexity index is 674. The Hall–Kier alpha value is -2.85. The molecule has 0 saturated carbocycles. The molecular weight excluding hydrogens is 214 g/mol.